The molecule has 2 aromatic rings. The lowest BCUT2D eigenvalue weighted by Gasteiger charge is -2.07. The third kappa shape index (κ3) is 2.65. The van der Waals surface area contributed by atoms with Crippen LogP contribution in [0.2, 0.25) is 10.0 Å². The predicted octanol–water partition coefficient (Wildman–Crippen LogP) is 3.58. The average molecular weight is 272 g/mol. The fourth-order valence-electron chi connectivity index (χ4n) is 1.33. The highest BCUT2D eigenvalue weighted by Gasteiger charge is 2.08. The van der Waals surface area contributed by atoms with Gasteiger partial charge in [-0.2, -0.15) is 5.10 Å². The largest absolute Gasteiger partial charge is 0.452 e. The molecule has 0 atom stereocenters. The number of nitrogen functional groups attached to an aromatic ring is 1. The van der Waals surface area contributed by atoms with Crippen molar-refractivity contribution in [2.45, 2.75) is 13.5 Å². The SMILES string of the molecule is CCn1cc(Oc2cc(Cl)c(Cl)cc2N)cn1. The molecule has 2 rings (SSSR count). The number of halogens is 2. The fourth-order valence-corrected chi connectivity index (χ4v) is 1.66. The maximum absolute atomic E-state index is 5.90. The van der Waals surface area contributed by atoms with E-state index in [1.165, 1.54) is 0 Å². The van der Waals surface area contributed by atoms with Gasteiger partial charge in [0.25, 0.3) is 0 Å². The third-order valence-corrected chi connectivity index (χ3v) is 2.94. The highest BCUT2D eigenvalue weighted by Crippen LogP contribution is 2.34. The summed E-state index contributed by atoms with van der Waals surface area (Å²) in [7, 11) is 0. The molecule has 0 aliphatic rings. The first-order chi connectivity index (χ1) is 8.10. The maximum Gasteiger partial charge on any atom is 0.165 e. The Morgan fingerprint density at radius 1 is 1.35 bits per heavy atom. The van der Waals surface area contributed by atoms with Crippen LogP contribution in [0.1, 0.15) is 6.92 Å². The van der Waals surface area contributed by atoms with Crippen molar-refractivity contribution in [2.24, 2.45) is 0 Å². The standard InChI is InChI=1S/C11H11Cl2N3O/c1-2-16-6-7(5-15-16)17-11-4-9(13)8(12)3-10(11)14/h3-6H,2,14H2,1H3. The number of ether oxygens (including phenoxy) is 1. The molecule has 1 aromatic carbocycles. The quantitative estimate of drug-likeness (QED) is 0.869. The summed E-state index contributed by atoms with van der Waals surface area (Å²) in [6.07, 6.45) is 3.40. The molecule has 0 bridgehead atoms. The summed E-state index contributed by atoms with van der Waals surface area (Å²) in [5.74, 6) is 1.08. The molecule has 1 aromatic heterocycles. The summed E-state index contributed by atoms with van der Waals surface area (Å²) in [6, 6.07) is 3.14. The zero-order chi connectivity index (χ0) is 12.4. The monoisotopic (exact) mass is 271 g/mol. The van der Waals surface area contributed by atoms with Gasteiger partial charge in [0.1, 0.15) is 0 Å². The number of anilines is 1. The molecular weight excluding hydrogens is 261 g/mol. The lowest BCUT2D eigenvalue weighted by Crippen LogP contribution is -1.93. The van der Waals surface area contributed by atoms with Crippen LogP contribution >= 0.6 is 23.2 Å². The van der Waals surface area contributed by atoms with Crippen molar-refractivity contribution in [3.05, 3.63) is 34.6 Å². The van der Waals surface area contributed by atoms with E-state index in [0.29, 0.717) is 27.2 Å². The summed E-state index contributed by atoms with van der Waals surface area (Å²) >= 11 is 11.7. The minimum absolute atomic E-state index is 0.402. The Morgan fingerprint density at radius 3 is 2.71 bits per heavy atom. The smallest absolute Gasteiger partial charge is 0.165 e. The van der Waals surface area contributed by atoms with Gasteiger partial charge in [0, 0.05) is 12.6 Å². The minimum atomic E-state index is 0.402. The van der Waals surface area contributed by atoms with Gasteiger partial charge < -0.3 is 10.5 Å². The highest BCUT2D eigenvalue weighted by atomic mass is 35.5. The van der Waals surface area contributed by atoms with Crippen LogP contribution in [0, 0.1) is 0 Å². The Kier molecular flexibility index (Phi) is 3.45. The van der Waals surface area contributed by atoms with Crippen LogP contribution in [0.5, 0.6) is 11.5 Å². The van der Waals surface area contributed by atoms with Crippen molar-refractivity contribution in [1.82, 2.24) is 9.78 Å². The van der Waals surface area contributed by atoms with E-state index in [2.05, 4.69) is 5.10 Å². The number of rotatable bonds is 3. The first-order valence-electron chi connectivity index (χ1n) is 5.05. The first kappa shape index (κ1) is 12.1. The van der Waals surface area contributed by atoms with Crippen LogP contribution in [0.3, 0.4) is 0 Å². The van der Waals surface area contributed by atoms with Gasteiger partial charge in [-0.3, -0.25) is 4.68 Å². The van der Waals surface area contributed by atoms with Gasteiger partial charge >= 0.3 is 0 Å². The summed E-state index contributed by atoms with van der Waals surface area (Å²) < 4.78 is 7.33. The second-order valence-electron chi connectivity index (χ2n) is 3.44. The third-order valence-electron chi connectivity index (χ3n) is 2.21. The van der Waals surface area contributed by atoms with Crippen molar-refractivity contribution < 1.29 is 4.74 Å². The Balaban J connectivity index is 2.26. The molecule has 6 heteroatoms. The van der Waals surface area contributed by atoms with E-state index in [-0.39, 0.29) is 0 Å². The molecule has 0 radical (unpaired) electrons. The molecule has 0 fully saturated rings. The minimum Gasteiger partial charge on any atom is -0.452 e. The number of hydrogen-bond acceptors (Lipinski definition) is 3. The van der Waals surface area contributed by atoms with Crippen molar-refractivity contribution in [3.63, 3.8) is 0 Å². The van der Waals surface area contributed by atoms with Gasteiger partial charge in [-0.25, -0.2) is 0 Å². The Morgan fingerprint density at radius 2 is 2.06 bits per heavy atom. The zero-order valence-corrected chi connectivity index (χ0v) is 10.7. The molecule has 4 nitrogen and oxygen atoms in total. The van der Waals surface area contributed by atoms with Gasteiger partial charge in [0.15, 0.2) is 11.5 Å². The Labute approximate surface area is 109 Å². The fraction of sp³-hybridized carbons (Fsp3) is 0.182. The zero-order valence-electron chi connectivity index (χ0n) is 9.15. The van der Waals surface area contributed by atoms with Gasteiger partial charge in [0.05, 0.1) is 28.1 Å². The summed E-state index contributed by atoms with van der Waals surface area (Å²) in [5.41, 5.74) is 6.22. The Hall–Kier alpha value is -1.39. The average Bonchev–Trinajstić information content (AvgIpc) is 2.73. The summed E-state index contributed by atoms with van der Waals surface area (Å²) in [5, 5.41) is 4.90. The number of benzene rings is 1. The van der Waals surface area contributed by atoms with Crippen molar-refractivity contribution in [2.75, 3.05) is 5.73 Å². The molecule has 0 saturated heterocycles. The van der Waals surface area contributed by atoms with Crippen LogP contribution in [0.4, 0.5) is 5.69 Å². The topological polar surface area (TPSA) is 53.1 Å². The van der Waals surface area contributed by atoms with E-state index in [4.69, 9.17) is 33.7 Å². The van der Waals surface area contributed by atoms with Gasteiger partial charge in [0.2, 0.25) is 0 Å². The Bertz CT molecular complexity index is 540. The lowest BCUT2D eigenvalue weighted by atomic mass is 10.3. The molecule has 90 valence electrons. The van der Waals surface area contributed by atoms with Crippen LogP contribution in [-0.2, 0) is 6.54 Å². The van der Waals surface area contributed by atoms with Gasteiger partial charge in [-0.15, -0.1) is 0 Å². The first-order valence-corrected chi connectivity index (χ1v) is 5.80. The number of hydrogen-bond donors (Lipinski definition) is 1. The van der Waals surface area contributed by atoms with Crippen LogP contribution in [0.15, 0.2) is 24.5 Å². The number of nitrogens with zero attached hydrogens (tertiary/aromatic N) is 2. The van der Waals surface area contributed by atoms with E-state index in [1.54, 1.807) is 29.2 Å². The van der Waals surface area contributed by atoms with Crippen LogP contribution in [0.25, 0.3) is 0 Å². The van der Waals surface area contributed by atoms with Crippen LogP contribution in [-0.4, -0.2) is 9.78 Å². The predicted molar refractivity (Wildman–Crippen MR) is 68.8 cm³/mol. The van der Waals surface area contributed by atoms with E-state index < -0.39 is 0 Å². The number of aromatic nitrogens is 2. The van der Waals surface area contributed by atoms with Gasteiger partial charge in [-0.05, 0) is 13.0 Å². The van der Waals surface area contributed by atoms with Crippen LogP contribution < -0.4 is 10.5 Å². The molecule has 0 aliphatic heterocycles. The molecule has 0 unspecified atom stereocenters. The molecule has 17 heavy (non-hydrogen) atoms. The van der Waals surface area contributed by atoms with E-state index in [0.717, 1.165) is 6.54 Å². The molecule has 2 N–H and O–H groups in total. The molecule has 0 aliphatic carbocycles. The van der Waals surface area contributed by atoms with Crippen molar-refractivity contribution in [1.29, 1.82) is 0 Å². The normalized spacial score (nSPS) is 10.5. The number of nitrogens with two attached hydrogens (primary N) is 1. The van der Waals surface area contributed by atoms with E-state index in [9.17, 15) is 0 Å². The van der Waals surface area contributed by atoms with Crippen molar-refractivity contribution >= 4 is 28.9 Å². The summed E-state index contributed by atoms with van der Waals surface area (Å²) in [6.45, 7) is 2.77. The van der Waals surface area contributed by atoms with Crippen molar-refractivity contribution in [3.8, 4) is 11.5 Å². The highest BCUT2D eigenvalue weighted by molar-refractivity contribution is 6.42. The maximum atomic E-state index is 5.90. The lowest BCUT2D eigenvalue weighted by molar-refractivity contribution is 0.483. The van der Waals surface area contributed by atoms with E-state index in [1.807, 2.05) is 6.92 Å². The van der Waals surface area contributed by atoms with Gasteiger partial charge in [-0.1, -0.05) is 23.2 Å². The van der Waals surface area contributed by atoms with E-state index >= 15 is 0 Å². The molecule has 1 heterocycles. The number of aryl methyl sites for hydroxylation is 1. The molecular formula is C11H11Cl2N3O. The second kappa shape index (κ2) is 4.85. The molecule has 0 amide bonds. The second-order valence-corrected chi connectivity index (χ2v) is 4.25. The summed E-state index contributed by atoms with van der Waals surface area (Å²) in [4.78, 5) is 0. The molecule has 0 saturated carbocycles. The molecule has 0 spiro atoms.